The van der Waals surface area contributed by atoms with Gasteiger partial charge in [-0.2, -0.15) is 0 Å². The smallest absolute Gasteiger partial charge is 0.272 e. The fourth-order valence-corrected chi connectivity index (χ4v) is 4.06. The molecule has 0 aliphatic rings. The van der Waals surface area contributed by atoms with E-state index in [-0.39, 0.29) is 11.5 Å². The van der Waals surface area contributed by atoms with Gasteiger partial charge in [0.25, 0.3) is 11.8 Å². The molecule has 0 aromatic heterocycles. The van der Waals surface area contributed by atoms with E-state index < -0.39 is 11.8 Å². The van der Waals surface area contributed by atoms with E-state index in [0.29, 0.717) is 32.4 Å². The van der Waals surface area contributed by atoms with Crippen molar-refractivity contribution >= 4 is 58.6 Å². The van der Waals surface area contributed by atoms with Crippen LogP contribution in [0, 0.1) is 6.92 Å². The van der Waals surface area contributed by atoms with Crippen molar-refractivity contribution in [3.05, 3.63) is 147 Å². The molecule has 39 heavy (non-hydrogen) atoms. The van der Waals surface area contributed by atoms with E-state index in [4.69, 9.17) is 23.2 Å². The van der Waals surface area contributed by atoms with Crippen LogP contribution in [0.25, 0.3) is 12.2 Å². The lowest BCUT2D eigenvalue weighted by Gasteiger charge is -2.12. The highest BCUT2D eigenvalue weighted by atomic mass is 35.5. The number of allylic oxidation sites excluding steroid dienone is 1. The number of aryl methyl sites for hydroxylation is 1. The van der Waals surface area contributed by atoms with Crippen molar-refractivity contribution in [3.8, 4) is 0 Å². The van der Waals surface area contributed by atoms with Gasteiger partial charge in [0, 0.05) is 26.9 Å². The average molecular weight is 555 g/mol. The van der Waals surface area contributed by atoms with Crippen molar-refractivity contribution < 1.29 is 14.4 Å². The quantitative estimate of drug-likeness (QED) is 0.174. The molecule has 0 heterocycles. The monoisotopic (exact) mass is 554 g/mol. The van der Waals surface area contributed by atoms with Crippen LogP contribution in [0.2, 0.25) is 10.0 Å². The molecule has 0 atom stereocenters. The number of ketones is 1. The summed E-state index contributed by atoms with van der Waals surface area (Å²) in [6, 6.07) is 27.7. The first kappa shape index (κ1) is 27.6. The fourth-order valence-electron chi connectivity index (χ4n) is 3.59. The maximum absolute atomic E-state index is 13.2. The highest BCUT2D eigenvalue weighted by Gasteiger charge is 2.15. The summed E-state index contributed by atoms with van der Waals surface area (Å²) < 4.78 is 0. The zero-order valence-corrected chi connectivity index (χ0v) is 22.5. The number of hydrogen-bond acceptors (Lipinski definition) is 3. The molecule has 5 nitrogen and oxygen atoms in total. The highest BCUT2D eigenvalue weighted by Crippen LogP contribution is 2.22. The number of anilines is 1. The second-order valence-electron chi connectivity index (χ2n) is 8.68. The summed E-state index contributed by atoms with van der Waals surface area (Å²) in [5.74, 6) is -1.14. The highest BCUT2D eigenvalue weighted by molar-refractivity contribution is 6.35. The van der Waals surface area contributed by atoms with Crippen molar-refractivity contribution in [1.82, 2.24) is 5.32 Å². The minimum atomic E-state index is -0.504. The van der Waals surface area contributed by atoms with Gasteiger partial charge >= 0.3 is 0 Å². The van der Waals surface area contributed by atoms with E-state index in [9.17, 15) is 14.4 Å². The fraction of sp³-hybridized carbons (Fsp3) is 0.0312. The Morgan fingerprint density at radius 1 is 0.769 bits per heavy atom. The van der Waals surface area contributed by atoms with Crippen molar-refractivity contribution in [3.63, 3.8) is 0 Å². The van der Waals surface area contributed by atoms with Crippen LogP contribution in [-0.4, -0.2) is 17.6 Å². The molecule has 0 spiro atoms. The summed E-state index contributed by atoms with van der Waals surface area (Å²) in [4.78, 5) is 38.6. The third kappa shape index (κ3) is 7.77. The Morgan fingerprint density at radius 2 is 1.46 bits per heavy atom. The number of rotatable bonds is 8. The number of halogens is 2. The van der Waals surface area contributed by atoms with Gasteiger partial charge in [-0.05, 0) is 84.8 Å². The maximum atomic E-state index is 13.2. The normalized spacial score (nSPS) is 11.3. The van der Waals surface area contributed by atoms with Crippen LogP contribution in [0.5, 0.6) is 0 Å². The van der Waals surface area contributed by atoms with E-state index in [0.717, 1.165) is 11.1 Å². The van der Waals surface area contributed by atoms with E-state index in [1.54, 1.807) is 78.9 Å². The Kier molecular flexibility index (Phi) is 9.10. The van der Waals surface area contributed by atoms with Gasteiger partial charge in [0.2, 0.25) is 0 Å². The molecule has 0 aliphatic heterocycles. The number of hydrogen-bond donors (Lipinski definition) is 2. The van der Waals surface area contributed by atoms with E-state index in [2.05, 4.69) is 10.6 Å². The Balaban J connectivity index is 1.49. The largest absolute Gasteiger partial charge is 0.321 e. The number of carbonyl (C=O) groups is 3. The van der Waals surface area contributed by atoms with E-state index in [1.165, 1.54) is 6.08 Å². The number of nitrogens with one attached hydrogen (secondary N) is 2. The standard InChI is InChI=1S/C32H24Cl2N2O3/c1-21-7-9-22(10-8-21)19-29(36-31(38)25-5-3-2-4-6-25)32(39)35-27-16-12-24(13-17-27)30(37)18-14-23-11-15-26(33)20-28(23)34/h2-20H,1H3,(H,35,39)(H,36,38)/b18-14+,29-19-. The second kappa shape index (κ2) is 12.9. The zero-order valence-electron chi connectivity index (χ0n) is 21.0. The van der Waals surface area contributed by atoms with Gasteiger partial charge in [-0.3, -0.25) is 14.4 Å². The summed E-state index contributed by atoms with van der Waals surface area (Å²) in [6.07, 6.45) is 4.65. The van der Waals surface area contributed by atoms with Crippen molar-refractivity contribution in [2.45, 2.75) is 6.92 Å². The molecule has 0 saturated heterocycles. The summed E-state index contributed by atoms with van der Waals surface area (Å²) in [5.41, 5.74) is 3.90. The molecular weight excluding hydrogens is 531 g/mol. The molecule has 2 N–H and O–H groups in total. The Bertz CT molecular complexity index is 1560. The molecule has 0 radical (unpaired) electrons. The van der Waals surface area contributed by atoms with Crippen LogP contribution in [0.1, 0.15) is 37.4 Å². The van der Waals surface area contributed by atoms with Crippen LogP contribution >= 0.6 is 23.2 Å². The topological polar surface area (TPSA) is 75.3 Å². The molecular formula is C32H24Cl2N2O3. The summed E-state index contributed by atoms with van der Waals surface area (Å²) >= 11 is 12.1. The van der Waals surface area contributed by atoms with Crippen molar-refractivity contribution in [2.24, 2.45) is 0 Å². The second-order valence-corrected chi connectivity index (χ2v) is 9.53. The SMILES string of the molecule is Cc1ccc(/C=C(\NC(=O)c2ccccc2)C(=O)Nc2ccc(C(=O)/C=C/c3ccc(Cl)cc3Cl)cc2)cc1. The molecule has 0 saturated carbocycles. The summed E-state index contributed by atoms with van der Waals surface area (Å²) in [7, 11) is 0. The van der Waals surface area contributed by atoms with Crippen LogP contribution in [0.15, 0.2) is 109 Å². The molecule has 4 aromatic carbocycles. The Labute approximate surface area is 236 Å². The van der Waals surface area contributed by atoms with Crippen LogP contribution in [0.4, 0.5) is 5.69 Å². The lowest BCUT2D eigenvalue weighted by molar-refractivity contribution is -0.113. The maximum Gasteiger partial charge on any atom is 0.272 e. The van der Waals surface area contributed by atoms with Gasteiger partial charge in [-0.1, -0.05) is 77.3 Å². The number of benzene rings is 4. The third-order valence-electron chi connectivity index (χ3n) is 5.72. The first-order valence-corrected chi connectivity index (χ1v) is 12.8. The molecule has 4 rings (SSSR count). The van der Waals surface area contributed by atoms with Gasteiger partial charge in [0.1, 0.15) is 5.70 Å². The lowest BCUT2D eigenvalue weighted by Crippen LogP contribution is -2.30. The molecule has 0 unspecified atom stereocenters. The lowest BCUT2D eigenvalue weighted by atomic mass is 10.1. The van der Waals surface area contributed by atoms with Crippen LogP contribution in [0.3, 0.4) is 0 Å². The molecule has 4 aromatic rings. The molecule has 0 aliphatic carbocycles. The van der Waals surface area contributed by atoms with Crippen molar-refractivity contribution in [1.29, 1.82) is 0 Å². The molecule has 7 heteroatoms. The van der Waals surface area contributed by atoms with Gasteiger partial charge in [-0.15, -0.1) is 0 Å². The minimum absolute atomic E-state index is 0.0793. The molecule has 0 bridgehead atoms. The van der Waals surface area contributed by atoms with Gasteiger partial charge in [-0.25, -0.2) is 0 Å². The van der Waals surface area contributed by atoms with Gasteiger partial charge < -0.3 is 10.6 Å². The number of carbonyl (C=O) groups excluding carboxylic acids is 3. The average Bonchev–Trinajstić information content (AvgIpc) is 2.94. The van der Waals surface area contributed by atoms with Gasteiger partial charge in [0.05, 0.1) is 0 Å². The Hall–Kier alpha value is -4.45. The predicted octanol–water partition coefficient (Wildman–Crippen LogP) is 7.61. The summed E-state index contributed by atoms with van der Waals surface area (Å²) in [6.45, 7) is 1.97. The van der Waals surface area contributed by atoms with Crippen molar-refractivity contribution in [2.75, 3.05) is 5.32 Å². The molecule has 2 amide bonds. The zero-order chi connectivity index (χ0) is 27.8. The predicted molar refractivity (Wildman–Crippen MR) is 158 cm³/mol. The van der Waals surface area contributed by atoms with Crippen LogP contribution in [-0.2, 0) is 4.79 Å². The van der Waals surface area contributed by atoms with Crippen LogP contribution < -0.4 is 10.6 Å². The molecule has 0 fully saturated rings. The van der Waals surface area contributed by atoms with E-state index in [1.807, 2.05) is 37.3 Å². The third-order valence-corrected chi connectivity index (χ3v) is 6.28. The van der Waals surface area contributed by atoms with E-state index >= 15 is 0 Å². The first-order valence-electron chi connectivity index (χ1n) is 12.0. The first-order chi connectivity index (χ1) is 18.8. The minimum Gasteiger partial charge on any atom is -0.321 e. The Morgan fingerprint density at radius 3 is 2.13 bits per heavy atom. The molecule has 194 valence electrons. The van der Waals surface area contributed by atoms with Gasteiger partial charge in [0.15, 0.2) is 5.78 Å². The summed E-state index contributed by atoms with van der Waals surface area (Å²) in [5, 5.41) is 6.45. The number of amides is 2.